The Balaban J connectivity index is 1.69. The van der Waals surface area contributed by atoms with Crippen LogP contribution in [0.3, 0.4) is 0 Å². The van der Waals surface area contributed by atoms with Gasteiger partial charge in [0, 0.05) is 14.7 Å². The topological polar surface area (TPSA) is 271 Å². The molecular weight excluding hydrogens is 680 g/mol. The molecule has 19 nitrogen and oxygen atoms in total. The molecule has 3 N–H and O–H groups in total. The Hall–Kier alpha value is -4.64. The van der Waals surface area contributed by atoms with Gasteiger partial charge in [-0.3, -0.25) is 0 Å². The van der Waals surface area contributed by atoms with E-state index in [2.05, 4.69) is 35.4 Å². The molecule has 0 spiro atoms. The van der Waals surface area contributed by atoms with Gasteiger partial charge in [-0.05, 0) is 54.9 Å². The molecule has 2 aromatic carbocycles. The van der Waals surface area contributed by atoms with E-state index in [0.717, 1.165) is 11.1 Å². The number of benzene rings is 2. The van der Waals surface area contributed by atoms with Crippen molar-refractivity contribution in [3.63, 3.8) is 0 Å². The summed E-state index contributed by atoms with van der Waals surface area (Å²) in [6.45, 7) is 4.38. The third-order valence-electron chi connectivity index (χ3n) is 8.23. The summed E-state index contributed by atoms with van der Waals surface area (Å²) in [7, 11) is 0. The molecular formula is C33H44N10O9. The third-order valence-corrected chi connectivity index (χ3v) is 8.23. The normalized spacial score (nSPS) is 28.7. The number of hydrogen-bond acceptors (Lipinski definition) is 12. The lowest BCUT2D eigenvalue weighted by atomic mass is 9.83. The number of carbonyl (C=O) groups is 1. The van der Waals surface area contributed by atoms with Crippen molar-refractivity contribution in [1.29, 1.82) is 0 Å². The molecule has 0 aromatic heterocycles. The number of aliphatic hydroxyl groups is 2. The highest BCUT2D eigenvalue weighted by Gasteiger charge is 2.52. The SMILES string of the molecule is CC(C)(C)OC(=O)N[C@@H]1CC(N=[N+]=[N-])C(O[C@@H]2OC(CN=[N+]=[N-])[C@H](OCc3ccccc3)[C@H](OCc3ccccc3)C2N=[N+]=[N-])[C@H](O)C1OCCO. The van der Waals surface area contributed by atoms with Crippen molar-refractivity contribution in [1.82, 2.24) is 5.32 Å². The van der Waals surface area contributed by atoms with Gasteiger partial charge < -0.3 is 44.0 Å². The highest BCUT2D eigenvalue weighted by atomic mass is 16.7. The first-order valence-electron chi connectivity index (χ1n) is 16.7. The summed E-state index contributed by atoms with van der Waals surface area (Å²) in [5.74, 6) is 0. The predicted octanol–water partition coefficient (Wildman–Crippen LogP) is 4.97. The van der Waals surface area contributed by atoms with Crippen LogP contribution in [0.4, 0.5) is 4.79 Å². The molecule has 52 heavy (non-hydrogen) atoms. The van der Waals surface area contributed by atoms with Crippen LogP contribution in [0.25, 0.3) is 31.3 Å². The largest absolute Gasteiger partial charge is 0.444 e. The number of aliphatic hydroxyl groups excluding tert-OH is 2. The molecule has 0 bridgehead atoms. The van der Waals surface area contributed by atoms with Crippen molar-refractivity contribution in [2.45, 2.75) is 107 Å². The van der Waals surface area contributed by atoms with Gasteiger partial charge in [-0.15, -0.1) is 0 Å². The molecule has 10 atom stereocenters. The summed E-state index contributed by atoms with van der Waals surface area (Å²) in [5.41, 5.74) is 29.3. The first-order chi connectivity index (χ1) is 25.1. The minimum atomic E-state index is -1.59. The van der Waals surface area contributed by atoms with E-state index in [1.54, 1.807) is 20.8 Å². The van der Waals surface area contributed by atoms with Gasteiger partial charge in [0.2, 0.25) is 0 Å². The zero-order valence-electron chi connectivity index (χ0n) is 29.1. The Bertz CT molecular complexity index is 1570. The Morgan fingerprint density at radius 3 is 2.06 bits per heavy atom. The molecule has 1 saturated carbocycles. The van der Waals surface area contributed by atoms with E-state index in [1.807, 2.05) is 60.7 Å². The van der Waals surface area contributed by atoms with Crippen LogP contribution < -0.4 is 5.32 Å². The standard InChI is InChI=1S/C33H44N10O9/c1-33(2,3)52-32(46)38-22-16-23(39-42-35)28(26(45)27(22)47-15-14-44)51-31-25(40-43-36)30(49-19-21-12-8-5-9-13-21)29(24(50-31)17-37-41-34)48-18-20-10-6-4-7-11-20/h4-13,22-31,44-45H,14-19H2,1-3H3,(H,38,46)/t22-,23?,24?,25?,26-,27?,28?,29+,30-,31+/m1/s1. The van der Waals surface area contributed by atoms with E-state index >= 15 is 0 Å². The molecule has 1 aliphatic heterocycles. The second-order valence-electron chi connectivity index (χ2n) is 13.1. The first-order valence-corrected chi connectivity index (χ1v) is 16.7. The Morgan fingerprint density at radius 2 is 1.50 bits per heavy atom. The van der Waals surface area contributed by atoms with Crippen LogP contribution >= 0.6 is 0 Å². The Kier molecular flexibility index (Phi) is 15.3. The maximum atomic E-state index is 12.7. The molecule has 2 aliphatic rings. The van der Waals surface area contributed by atoms with E-state index < -0.39 is 79.3 Å². The Labute approximate surface area is 300 Å². The highest BCUT2D eigenvalue weighted by molar-refractivity contribution is 5.68. The van der Waals surface area contributed by atoms with Crippen LogP contribution in [0.1, 0.15) is 38.3 Å². The zero-order valence-corrected chi connectivity index (χ0v) is 29.1. The summed E-state index contributed by atoms with van der Waals surface area (Å²) < 4.78 is 36.6. The van der Waals surface area contributed by atoms with Crippen LogP contribution in [0, 0.1) is 0 Å². The number of ether oxygens (including phenoxy) is 6. The first kappa shape index (κ1) is 40.1. The smallest absolute Gasteiger partial charge is 0.407 e. The highest BCUT2D eigenvalue weighted by Crippen LogP contribution is 2.35. The molecule has 1 amide bonds. The van der Waals surface area contributed by atoms with Gasteiger partial charge in [0.25, 0.3) is 0 Å². The van der Waals surface area contributed by atoms with E-state index in [9.17, 15) is 31.6 Å². The molecule has 280 valence electrons. The summed E-state index contributed by atoms with van der Waals surface area (Å²) in [5, 5.41) is 35.5. The van der Waals surface area contributed by atoms with Gasteiger partial charge >= 0.3 is 6.09 Å². The number of alkyl carbamates (subject to hydrolysis) is 1. The fourth-order valence-electron chi connectivity index (χ4n) is 6.07. The third kappa shape index (κ3) is 11.4. The lowest BCUT2D eigenvalue weighted by Gasteiger charge is -2.48. The second kappa shape index (κ2) is 19.8. The average Bonchev–Trinajstić information content (AvgIpc) is 3.11. The van der Waals surface area contributed by atoms with Crippen LogP contribution in [0.2, 0.25) is 0 Å². The molecule has 2 fully saturated rings. The van der Waals surface area contributed by atoms with Crippen LogP contribution in [-0.4, -0.2) is 103 Å². The predicted molar refractivity (Wildman–Crippen MR) is 184 cm³/mol. The van der Waals surface area contributed by atoms with Gasteiger partial charge in [-0.2, -0.15) is 0 Å². The maximum absolute atomic E-state index is 12.7. The van der Waals surface area contributed by atoms with Crippen LogP contribution in [0.5, 0.6) is 0 Å². The monoisotopic (exact) mass is 724 g/mol. The maximum Gasteiger partial charge on any atom is 0.407 e. The Morgan fingerprint density at radius 1 is 0.885 bits per heavy atom. The lowest BCUT2D eigenvalue weighted by molar-refractivity contribution is -0.301. The average molecular weight is 725 g/mol. The number of hydrogen-bond donors (Lipinski definition) is 3. The fourth-order valence-corrected chi connectivity index (χ4v) is 6.07. The van der Waals surface area contributed by atoms with Crippen molar-refractivity contribution in [2.75, 3.05) is 19.8 Å². The van der Waals surface area contributed by atoms with Crippen LogP contribution in [-0.2, 0) is 41.6 Å². The molecule has 4 rings (SSSR count). The van der Waals surface area contributed by atoms with Crippen molar-refractivity contribution in [2.24, 2.45) is 15.3 Å². The molecule has 5 unspecified atom stereocenters. The van der Waals surface area contributed by atoms with Gasteiger partial charge in [0.15, 0.2) is 6.29 Å². The number of rotatable bonds is 16. The van der Waals surface area contributed by atoms with Crippen molar-refractivity contribution in [3.05, 3.63) is 103 Å². The van der Waals surface area contributed by atoms with Crippen LogP contribution in [0.15, 0.2) is 76.0 Å². The fraction of sp³-hybridized carbons (Fsp3) is 0.606. The number of amides is 1. The number of carbonyl (C=O) groups excluding carboxylic acids is 1. The summed E-state index contributed by atoms with van der Waals surface area (Å²) in [6.07, 6.45) is -9.46. The molecule has 2 aromatic rings. The minimum Gasteiger partial charge on any atom is -0.444 e. The summed E-state index contributed by atoms with van der Waals surface area (Å²) >= 11 is 0. The van der Waals surface area contributed by atoms with E-state index in [1.165, 1.54) is 0 Å². The zero-order chi connectivity index (χ0) is 37.5. The molecule has 1 aliphatic carbocycles. The van der Waals surface area contributed by atoms with Crippen molar-refractivity contribution < 1.29 is 43.4 Å². The van der Waals surface area contributed by atoms with Crippen molar-refractivity contribution in [3.8, 4) is 0 Å². The van der Waals surface area contributed by atoms with Gasteiger partial charge in [0.1, 0.15) is 36.1 Å². The van der Waals surface area contributed by atoms with E-state index in [-0.39, 0.29) is 32.8 Å². The molecule has 0 radical (unpaired) electrons. The minimum absolute atomic E-state index is 0.0671. The van der Waals surface area contributed by atoms with E-state index in [4.69, 9.17) is 28.4 Å². The molecule has 1 heterocycles. The number of nitrogens with one attached hydrogen (secondary N) is 1. The van der Waals surface area contributed by atoms with Gasteiger partial charge in [0.05, 0.1) is 57.3 Å². The summed E-state index contributed by atoms with van der Waals surface area (Å²) in [6, 6.07) is 15.2. The lowest BCUT2D eigenvalue weighted by Crippen LogP contribution is -2.65. The van der Waals surface area contributed by atoms with Gasteiger partial charge in [-0.1, -0.05) is 76.0 Å². The second-order valence-corrected chi connectivity index (χ2v) is 13.1. The molecule has 1 saturated heterocycles. The molecule has 19 heteroatoms. The van der Waals surface area contributed by atoms with E-state index in [0.29, 0.717) is 0 Å². The number of nitrogens with zero attached hydrogens (tertiary/aromatic N) is 9. The van der Waals surface area contributed by atoms with Gasteiger partial charge in [-0.25, -0.2) is 4.79 Å². The van der Waals surface area contributed by atoms with Crippen molar-refractivity contribution >= 4 is 6.09 Å². The number of azide groups is 3. The summed E-state index contributed by atoms with van der Waals surface area (Å²) in [4.78, 5) is 21.6. The quantitative estimate of drug-likeness (QED) is 0.120.